The Morgan fingerprint density at radius 1 is 1.00 bits per heavy atom. The predicted octanol–water partition coefficient (Wildman–Crippen LogP) is 5.34. The van der Waals surface area contributed by atoms with Crippen LogP contribution in [-0.2, 0) is 4.79 Å². The summed E-state index contributed by atoms with van der Waals surface area (Å²) in [4.78, 5) is 16.8. The minimum absolute atomic E-state index is 0.229. The third kappa shape index (κ3) is 3.70. The SMILES string of the molecule is O=C(/C=C/c1ccc2c(c1)OCO2)Nc1nc(-c2ccc3ccccc3c2)cs1. The van der Waals surface area contributed by atoms with E-state index in [0.717, 1.165) is 28.0 Å². The van der Waals surface area contributed by atoms with E-state index in [4.69, 9.17) is 9.47 Å². The number of rotatable bonds is 4. The van der Waals surface area contributed by atoms with Gasteiger partial charge in [-0.2, -0.15) is 0 Å². The van der Waals surface area contributed by atoms with Crippen molar-refractivity contribution in [3.8, 4) is 22.8 Å². The van der Waals surface area contributed by atoms with Gasteiger partial charge in [0.25, 0.3) is 0 Å². The molecule has 5 nitrogen and oxygen atoms in total. The second kappa shape index (κ2) is 7.41. The minimum atomic E-state index is -0.234. The van der Waals surface area contributed by atoms with E-state index in [-0.39, 0.29) is 12.7 Å². The monoisotopic (exact) mass is 400 g/mol. The fraction of sp³-hybridized carbons (Fsp3) is 0.0435. The first-order valence-corrected chi connectivity index (χ1v) is 9.96. The number of benzene rings is 3. The van der Waals surface area contributed by atoms with E-state index in [9.17, 15) is 4.79 Å². The summed E-state index contributed by atoms with van der Waals surface area (Å²) in [6.07, 6.45) is 3.21. The summed E-state index contributed by atoms with van der Waals surface area (Å²) in [5, 5.41) is 7.68. The Morgan fingerprint density at radius 2 is 1.86 bits per heavy atom. The molecule has 0 radical (unpaired) electrons. The maximum absolute atomic E-state index is 12.3. The zero-order valence-electron chi connectivity index (χ0n) is 15.3. The van der Waals surface area contributed by atoms with Crippen molar-refractivity contribution in [3.63, 3.8) is 0 Å². The van der Waals surface area contributed by atoms with Crippen LogP contribution in [0.15, 0.2) is 72.1 Å². The van der Waals surface area contributed by atoms with Crippen LogP contribution in [0, 0.1) is 0 Å². The van der Waals surface area contributed by atoms with E-state index in [1.165, 1.54) is 22.8 Å². The molecule has 142 valence electrons. The van der Waals surface area contributed by atoms with Crippen LogP contribution in [0.4, 0.5) is 5.13 Å². The maximum atomic E-state index is 12.3. The lowest BCUT2D eigenvalue weighted by molar-refractivity contribution is -0.111. The normalized spacial score (nSPS) is 12.6. The van der Waals surface area contributed by atoms with Crippen molar-refractivity contribution in [3.05, 3.63) is 77.7 Å². The molecule has 0 bridgehead atoms. The van der Waals surface area contributed by atoms with Crippen LogP contribution < -0.4 is 14.8 Å². The maximum Gasteiger partial charge on any atom is 0.250 e. The third-order valence-corrected chi connectivity index (χ3v) is 5.36. The van der Waals surface area contributed by atoms with Crippen LogP contribution in [0.1, 0.15) is 5.56 Å². The number of nitrogens with zero attached hydrogens (tertiary/aromatic N) is 1. The van der Waals surface area contributed by atoms with Crippen LogP contribution in [0.3, 0.4) is 0 Å². The van der Waals surface area contributed by atoms with Crippen LogP contribution in [0.25, 0.3) is 28.1 Å². The van der Waals surface area contributed by atoms with Gasteiger partial charge in [0.1, 0.15) is 0 Å². The highest BCUT2D eigenvalue weighted by Crippen LogP contribution is 2.33. The molecule has 3 aromatic carbocycles. The third-order valence-electron chi connectivity index (χ3n) is 4.60. The summed E-state index contributed by atoms with van der Waals surface area (Å²) >= 11 is 1.40. The molecule has 0 fully saturated rings. The van der Waals surface area contributed by atoms with Crippen LogP contribution in [0.5, 0.6) is 11.5 Å². The van der Waals surface area contributed by atoms with Crippen molar-refractivity contribution in [2.75, 3.05) is 12.1 Å². The van der Waals surface area contributed by atoms with Crippen LogP contribution in [-0.4, -0.2) is 17.7 Å². The minimum Gasteiger partial charge on any atom is -0.454 e. The smallest absolute Gasteiger partial charge is 0.250 e. The molecule has 5 rings (SSSR count). The number of ether oxygens (including phenoxy) is 2. The first kappa shape index (κ1) is 17.5. The van der Waals surface area contributed by atoms with E-state index in [1.807, 2.05) is 41.8 Å². The Hall–Kier alpha value is -3.64. The number of anilines is 1. The number of carbonyl (C=O) groups is 1. The van der Waals surface area contributed by atoms with E-state index in [2.05, 4.69) is 34.6 Å². The van der Waals surface area contributed by atoms with Gasteiger partial charge in [-0.05, 0) is 40.6 Å². The van der Waals surface area contributed by atoms with Crippen molar-refractivity contribution in [2.45, 2.75) is 0 Å². The molecule has 0 unspecified atom stereocenters. The molecule has 0 aliphatic carbocycles. The van der Waals surface area contributed by atoms with Gasteiger partial charge >= 0.3 is 0 Å². The molecular formula is C23H16N2O3S. The molecule has 1 aliphatic rings. The zero-order chi connectivity index (χ0) is 19.6. The van der Waals surface area contributed by atoms with Gasteiger partial charge in [-0.15, -0.1) is 11.3 Å². The predicted molar refractivity (Wildman–Crippen MR) is 115 cm³/mol. The van der Waals surface area contributed by atoms with Gasteiger partial charge in [-0.1, -0.05) is 42.5 Å². The molecular weight excluding hydrogens is 384 g/mol. The van der Waals surface area contributed by atoms with Gasteiger partial charge in [0.2, 0.25) is 12.7 Å². The van der Waals surface area contributed by atoms with Crippen molar-refractivity contribution >= 4 is 39.2 Å². The van der Waals surface area contributed by atoms with E-state index < -0.39 is 0 Å². The average Bonchev–Trinajstić information content (AvgIpc) is 3.41. The molecule has 1 amide bonds. The quantitative estimate of drug-likeness (QED) is 0.470. The lowest BCUT2D eigenvalue weighted by atomic mass is 10.1. The molecule has 1 aromatic heterocycles. The van der Waals surface area contributed by atoms with Crippen molar-refractivity contribution in [1.82, 2.24) is 4.98 Å². The second-order valence-electron chi connectivity index (χ2n) is 6.54. The highest BCUT2D eigenvalue weighted by Gasteiger charge is 2.12. The Kier molecular flexibility index (Phi) is 4.46. The standard InChI is InChI=1S/C23H16N2O3S/c26-22(10-6-15-5-9-20-21(11-15)28-14-27-20)25-23-24-19(13-29-23)18-8-7-16-3-1-2-4-17(16)12-18/h1-13H,14H2,(H,24,25,26)/b10-6+. The number of amides is 1. The summed E-state index contributed by atoms with van der Waals surface area (Å²) in [5.74, 6) is 1.17. The lowest BCUT2D eigenvalue weighted by Crippen LogP contribution is -2.07. The second-order valence-corrected chi connectivity index (χ2v) is 7.39. The molecule has 2 heterocycles. The molecule has 4 aromatic rings. The number of thiazole rings is 1. The number of aromatic nitrogens is 1. The molecule has 6 heteroatoms. The number of nitrogens with one attached hydrogen (secondary N) is 1. The van der Waals surface area contributed by atoms with Gasteiger partial charge in [-0.25, -0.2) is 4.98 Å². The highest BCUT2D eigenvalue weighted by molar-refractivity contribution is 7.14. The lowest BCUT2D eigenvalue weighted by Gasteiger charge is -2.01. The zero-order valence-corrected chi connectivity index (χ0v) is 16.1. The summed E-state index contributed by atoms with van der Waals surface area (Å²) in [5.41, 5.74) is 2.73. The average molecular weight is 400 g/mol. The first-order valence-electron chi connectivity index (χ1n) is 9.08. The van der Waals surface area contributed by atoms with Gasteiger partial charge in [0.05, 0.1) is 5.69 Å². The Labute approximate surface area is 171 Å². The summed E-state index contributed by atoms with van der Waals surface area (Å²) in [6.45, 7) is 0.229. The Bertz CT molecular complexity index is 1250. The number of fused-ring (bicyclic) bond motifs is 2. The van der Waals surface area contributed by atoms with Gasteiger partial charge in [-0.3, -0.25) is 10.1 Å². The summed E-state index contributed by atoms with van der Waals surface area (Å²) in [7, 11) is 0. The molecule has 0 atom stereocenters. The molecule has 0 spiro atoms. The molecule has 1 N–H and O–H groups in total. The van der Waals surface area contributed by atoms with Gasteiger partial charge in [0.15, 0.2) is 16.6 Å². The number of hydrogen-bond donors (Lipinski definition) is 1. The van der Waals surface area contributed by atoms with E-state index in [0.29, 0.717) is 10.9 Å². The van der Waals surface area contributed by atoms with Crippen LogP contribution in [0.2, 0.25) is 0 Å². The Morgan fingerprint density at radius 3 is 2.79 bits per heavy atom. The molecule has 0 saturated heterocycles. The first-order chi connectivity index (χ1) is 14.2. The number of carbonyl (C=O) groups excluding carboxylic acids is 1. The molecule has 1 aliphatic heterocycles. The van der Waals surface area contributed by atoms with Gasteiger partial charge < -0.3 is 9.47 Å². The highest BCUT2D eigenvalue weighted by atomic mass is 32.1. The molecule has 0 saturated carbocycles. The largest absolute Gasteiger partial charge is 0.454 e. The number of hydrogen-bond acceptors (Lipinski definition) is 5. The van der Waals surface area contributed by atoms with Crippen molar-refractivity contribution < 1.29 is 14.3 Å². The Balaban J connectivity index is 1.28. The fourth-order valence-corrected chi connectivity index (χ4v) is 3.87. The van der Waals surface area contributed by atoms with Crippen LogP contribution >= 0.6 is 11.3 Å². The van der Waals surface area contributed by atoms with Crippen molar-refractivity contribution in [1.29, 1.82) is 0 Å². The van der Waals surface area contributed by atoms with Gasteiger partial charge in [0, 0.05) is 17.0 Å². The molecule has 29 heavy (non-hydrogen) atoms. The summed E-state index contributed by atoms with van der Waals surface area (Å²) in [6, 6.07) is 20.0. The fourth-order valence-electron chi connectivity index (χ4n) is 3.15. The van der Waals surface area contributed by atoms with Crippen molar-refractivity contribution in [2.24, 2.45) is 0 Å². The topological polar surface area (TPSA) is 60.5 Å². The van der Waals surface area contributed by atoms with E-state index in [1.54, 1.807) is 6.08 Å². The van der Waals surface area contributed by atoms with E-state index >= 15 is 0 Å². The summed E-state index contributed by atoms with van der Waals surface area (Å²) < 4.78 is 10.6.